The number of fused-ring (bicyclic) bond motifs is 2. The van der Waals surface area contributed by atoms with Gasteiger partial charge in [-0.05, 0) is 62.4 Å². The molecule has 0 spiro atoms. The molecular weight excluding hydrogens is 276 g/mol. The summed E-state index contributed by atoms with van der Waals surface area (Å²) in [6, 6.07) is 11.2. The Balaban J connectivity index is 1.84. The molecule has 2 aromatic carbocycles. The van der Waals surface area contributed by atoms with E-state index in [-0.39, 0.29) is 5.43 Å². The third kappa shape index (κ3) is 2.27. The number of aryl methyl sites for hydroxylation is 1. The van der Waals surface area contributed by atoms with Crippen molar-refractivity contribution >= 4 is 21.9 Å². The van der Waals surface area contributed by atoms with Gasteiger partial charge in [0.25, 0.3) is 0 Å². The van der Waals surface area contributed by atoms with Crippen LogP contribution in [0.5, 0.6) is 5.75 Å². The van der Waals surface area contributed by atoms with Crippen molar-refractivity contribution in [1.82, 2.24) is 0 Å². The van der Waals surface area contributed by atoms with Gasteiger partial charge in [0.2, 0.25) is 5.43 Å². The summed E-state index contributed by atoms with van der Waals surface area (Å²) >= 11 is 0. The molecule has 4 rings (SSSR count). The fourth-order valence-electron chi connectivity index (χ4n) is 3.21. The minimum absolute atomic E-state index is 0.0173. The molecule has 112 valence electrons. The number of rotatable bonds is 2. The van der Waals surface area contributed by atoms with Gasteiger partial charge in [-0.15, -0.1) is 0 Å². The zero-order valence-corrected chi connectivity index (χ0v) is 12.6. The summed E-state index contributed by atoms with van der Waals surface area (Å²) in [5, 5.41) is 1.23. The minimum Gasteiger partial charge on any atom is -0.490 e. The van der Waals surface area contributed by atoms with E-state index in [1.807, 2.05) is 43.3 Å². The van der Waals surface area contributed by atoms with E-state index in [2.05, 4.69) is 0 Å². The first-order chi connectivity index (χ1) is 10.7. The molecule has 0 radical (unpaired) electrons. The molecule has 1 aliphatic rings. The zero-order valence-electron chi connectivity index (χ0n) is 12.6. The second kappa shape index (κ2) is 5.16. The molecule has 0 aliphatic heterocycles. The SMILES string of the molecule is Cc1ccc2c(=O)c3ccc(OC4CCCC4)cc3oc2c1. The molecule has 1 aliphatic carbocycles. The van der Waals surface area contributed by atoms with Gasteiger partial charge in [0.15, 0.2) is 0 Å². The maximum Gasteiger partial charge on any atom is 0.200 e. The van der Waals surface area contributed by atoms with Gasteiger partial charge in [0.1, 0.15) is 16.9 Å². The quantitative estimate of drug-likeness (QED) is 0.650. The Morgan fingerprint density at radius 3 is 2.45 bits per heavy atom. The maximum absolute atomic E-state index is 12.6. The molecule has 1 heterocycles. The summed E-state index contributed by atoms with van der Waals surface area (Å²) < 4.78 is 11.9. The highest BCUT2D eigenvalue weighted by atomic mass is 16.5. The molecule has 1 aromatic heterocycles. The first-order valence-corrected chi connectivity index (χ1v) is 7.84. The van der Waals surface area contributed by atoms with Crippen LogP contribution < -0.4 is 10.2 Å². The first kappa shape index (κ1) is 13.4. The lowest BCUT2D eigenvalue weighted by Gasteiger charge is -2.13. The van der Waals surface area contributed by atoms with Crippen molar-refractivity contribution in [3.8, 4) is 5.75 Å². The molecule has 0 N–H and O–H groups in total. The Morgan fingerprint density at radius 2 is 1.68 bits per heavy atom. The molecule has 0 bridgehead atoms. The van der Waals surface area contributed by atoms with E-state index in [1.165, 1.54) is 12.8 Å². The standard InChI is InChI=1S/C19H18O3/c1-12-6-8-15-17(10-12)22-18-11-14(7-9-16(18)19(15)20)21-13-4-2-3-5-13/h6-11,13H,2-5H2,1H3. The van der Waals surface area contributed by atoms with Crippen LogP contribution in [0.4, 0.5) is 0 Å². The number of hydrogen-bond acceptors (Lipinski definition) is 3. The predicted octanol–water partition coefficient (Wildman–Crippen LogP) is 4.58. The summed E-state index contributed by atoms with van der Waals surface area (Å²) in [6.45, 7) is 1.99. The highest BCUT2D eigenvalue weighted by Gasteiger charge is 2.17. The molecule has 3 aromatic rings. The Labute approximate surface area is 128 Å². The van der Waals surface area contributed by atoms with Crippen LogP contribution in [0.3, 0.4) is 0 Å². The zero-order chi connectivity index (χ0) is 15.1. The Morgan fingerprint density at radius 1 is 1.00 bits per heavy atom. The smallest absolute Gasteiger partial charge is 0.200 e. The van der Waals surface area contributed by atoms with E-state index in [1.54, 1.807) is 0 Å². The van der Waals surface area contributed by atoms with Gasteiger partial charge in [0.05, 0.1) is 16.9 Å². The van der Waals surface area contributed by atoms with Crippen LogP contribution >= 0.6 is 0 Å². The third-order valence-corrected chi connectivity index (χ3v) is 4.40. The number of hydrogen-bond donors (Lipinski definition) is 0. The normalized spacial score (nSPS) is 15.7. The minimum atomic E-state index is 0.0173. The van der Waals surface area contributed by atoms with E-state index in [9.17, 15) is 4.79 Å². The van der Waals surface area contributed by atoms with Crippen molar-refractivity contribution in [1.29, 1.82) is 0 Å². The highest BCUT2D eigenvalue weighted by molar-refractivity contribution is 5.90. The van der Waals surface area contributed by atoms with Crippen molar-refractivity contribution in [2.75, 3.05) is 0 Å². The van der Waals surface area contributed by atoms with E-state index < -0.39 is 0 Å². The van der Waals surface area contributed by atoms with Crippen molar-refractivity contribution in [2.45, 2.75) is 38.7 Å². The van der Waals surface area contributed by atoms with Crippen LogP contribution in [-0.4, -0.2) is 6.10 Å². The predicted molar refractivity (Wildman–Crippen MR) is 87.6 cm³/mol. The van der Waals surface area contributed by atoms with Gasteiger partial charge in [0, 0.05) is 6.07 Å². The molecule has 0 saturated heterocycles. The van der Waals surface area contributed by atoms with Gasteiger partial charge in [-0.2, -0.15) is 0 Å². The van der Waals surface area contributed by atoms with Crippen LogP contribution in [0, 0.1) is 6.92 Å². The molecule has 0 atom stereocenters. The molecular formula is C19H18O3. The van der Waals surface area contributed by atoms with Gasteiger partial charge in [-0.3, -0.25) is 4.79 Å². The fourth-order valence-corrected chi connectivity index (χ4v) is 3.21. The molecule has 1 fully saturated rings. The van der Waals surface area contributed by atoms with Gasteiger partial charge < -0.3 is 9.15 Å². The summed E-state index contributed by atoms with van der Waals surface area (Å²) in [5.74, 6) is 0.787. The topological polar surface area (TPSA) is 39.4 Å². The second-order valence-corrected chi connectivity index (χ2v) is 6.11. The Hall–Kier alpha value is -2.29. The molecule has 0 unspecified atom stereocenters. The van der Waals surface area contributed by atoms with E-state index in [0.717, 1.165) is 24.2 Å². The van der Waals surface area contributed by atoms with Gasteiger partial charge >= 0.3 is 0 Å². The second-order valence-electron chi connectivity index (χ2n) is 6.11. The Bertz CT molecular complexity index is 902. The van der Waals surface area contributed by atoms with Crippen molar-refractivity contribution < 1.29 is 9.15 Å². The highest BCUT2D eigenvalue weighted by Crippen LogP contribution is 2.27. The van der Waals surface area contributed by atoms with Crippen LogP contribution in [0.25, 0.3) is 21.9 Å². The summed E-state index contributed by atoms with van der Waals surface area (Å²) in [5.41, 5.74) is 2.33. The van der Waals surface area contributed by atoms with Crippen LogP contribution in [0.2, 0.25) is 0 Å². The van der Waals surface area contributed by atoms with Crippen molar-refractivity contribution in [3.05, 3.63) is 52.2 Å². The van der Waals surface area contributed by atoms with Crippen molar-refractivity contribution in [2.24, 2.45) is 0 Å². The van der Waals surface area contributed by atoms with Gasteiger partial charge in [-0.25, -0.2) is 0 Å². The fraction of sp³-hybridized carbons (Fsp3) is 0.316. The lowest BCUT2D eigenvalue weighted by atomic mass is 10.1. The molecule has 1 saturated carbocycles. The van der Waals surface area contributed by atoms with Crippen LogP contribution in [0.1, 0.15) is 31.2 Å². The van der Waals surface area contributed by atoms with Crippen LogP contribution in [0.15, 0.2) is 45.6 Å². The summed E-state index contributed by atoms with van der Waals surface area (Å²) in [7, 11) is 0. The van der Waals surface area contributed by atoms with Gasteiger partial charge in [-0.1, -0.05) is 6.07 Å². The average Bonchev–Trinajstić information content (AvgIpc) is 3.00. The largest absolute Gasteiger partial charge is 0.490 e. The lowest BCUT2D eigenvalue weighted by Crippen LogP contribution is -2.11. The molecule has 0 amide bonds. The number of benzene rings is 2. The summed E-state index contributed by atoms with van der Waals surface area (Å²) in [6.07, 6.45) is 4.98. The van der Waals surface area contributed by atoms with Crippen molar-refractivity contribution in [3.63, 3.8) is 0 Å². The van der Waals surface area contributed by atoms with E-state index >= 15 is 0 Å². The third-order valence-electron chi connectivity index (χ3n) is 4.40. The molecule has 22 heavy (non-hydrogen) atoms. The first-order valence-electron chi connectivity index (χ1n) is 7.84. The summed E-state index contributed by atoms with van der Waals surface area (Å²) in [4.78, 5) is 12.6. The molecule has 3 nitrogen and oxygen atoms in total. The Kier molecular flexibility index (Phi) is 3.14. The average molecular weight is 294 g/mol. The monoisotopic (exact) mass is 294 g/mol. The maximum atomic E-state index is 12.6. The van der Waals surface area contributed by atoms with Crippen LogP contribution in [-0.2, 0) is 0 Å². The lowest BCUT2D eigenvalue weighted by molar-refractivity contribution is 0.210. The molecule has 3 heteroatoms. The number of ether oxygens (including phenoxy) is 1. The van der Waals surface area contributed by atoms with E-state index in [4.69, 9.17) is 9.15 Å². The van der Waals surface area contributed by atoms with E-state index in [0.29, 0.717) is 28.0 Å².